The first kappa shape index (κ1) is 12.9. The molecule has 0 spiro atoms. The van der Waals surface area contributed by atoms with Gasteiger partial charge in [0.25, 0.3) is 5.91 Å². The van der Waals surface area contributed by atoms with E-state index in [1.807, 2.05) is 0 Å². The maximum atomic E-state index is 11.7. The van der Waals surface area contributed by atoms with Crippen molar-refractivity contribution in [1.29, 1.82) is 0 Å². The summed E-state index contributed by atoms with van der Waals surface area (Å²) in [7, 11) is 0. The molecular formula is C12H12N2O5. The van der Waals surface area contributed by atoms with Crippen molar-refractivity contribution in [2.24, 2.45) is 0 Å². The monoisotopic (exact) mass is 264 g/mol. The number of carbonyl (C=O) groups excluding carboxylic acids is 1. The summed E-state index contributed by atoms with van der Waals surface area (Å²) in [5, 5.41) is 11.2. The molecule has 100 valence electrons. The van der Waals surface area contributed by atoms with E-state index in [0.29, 0.717) is 11.7 Å². The zero-order chi connectivity index (χ0) is 14.0. The maximum Gasteiger partial charge on any atom is 0.371 e. The predicted octanol–water partition coefficient (Wildman–Crippen LogP) is 1.51. The summed E-state index contributed by atoms with van der Waals surface area (Å²) in [6, 6.07) is 2.52. The summed E-state index contributed by atoms with van der Waals surface area (Å²) < 4.78 is 10.2. The number of hydrogen-bond donors (Lipinski definition) is 2. The van der Waals surface area contributed by atoms with Gasteiger partial charge in [0, 0.05) is 0 Å². The third-order valence-corrected chi connectivity index (χ3v) is 2.51. The Morgan fingerprint density at radius 2 is 1.95 bits per heavy atom. The third-order valence-electron chi connectivity index (χ3n) is 2.51. The molecule has 2 rings (SSSR count). The van der Waals surface area contributed by atoms with Gasteiger partial charge < -0.3 is 19.3 Å². The molecule has 2 N–H and O–H groups in total. The van der Waals surface area contributed by atoms with Crippen LogP contribution in [0.4, 0.5) is 0 Å². The Morgan fingerprint density at radius 3 is 2.47 bits per heavy atom. The van der Waals surface area contributed by atoms with Gasteiger partial charge in [0.1, 0.15) is 5.76 Å². The van der Waals surface area contributed by atoms with Crippen LogP contribution in [0, 0.1) is 13.8 Å². The van der Waals surface area contributed by atoms with Crippen molar-refractivity contribution >= 4 is 11.9 Å². The number of amides is 1. The largest absolute Gasteiger partial charge is 0.475 e. The molecule has 0 aromatic carbocycles. The van der Waals surface area contributed by atoms with Gasteiger partial charge in [-0.15, -0.1) is 0 Å². The lowest BCUT2D eigenvalue weighted by atomic mass is 10.4. The van der Waals surface area contributed by atoms with Gasteiger partial charge >= 0.3 is 5.97 Å². The van der Waals surface area contributed by atoms with Gasteiger partial charge in [0.2, 0.25) is 11.7 Å². The molecule has 0 fully saturated rings. The van der Waals surface area contributed by atoms with Gasteiger partial charge in [0.15, 0.2) is 5.76 Å². The summed E-state index contributed by atoms with van der Waals surface area (Å²) in [6.07, 6.45) is 0. The predicted molar refractivity (Wildman–Crippen MR) is 62.8 cm³/mol. The first-order chi connectivity index (χ1) is 8.97. The van der Waals surface area contributed by atoms with Crippen LogP contribution in [0.25, 0.3) is 0 Å². The molecule has 2 heterocycles. The van der Waals surface area contributed by atoms with E-state index in [4.69, 9.17) is 13.9 Å². The third kappa shape index (κ3) is 2.82. The highest BCUT2D eigenvalue weighted by Crippen LogP contribution is 2.10. The molecule has 0 aliphatic rings. The van der Waals surface area contributed by atoms with Crippen LogP contribution in [-0.2, 0) is 6.54 Å². The normalized spacial score (nSPS) is 10.4. The van der Waals surface area contributed by atoms with Crippen LogP contribution >= 0.6 is 0 Å². The van der Waals surface area contributed by atoms with Crippen molar-refractivity contribution in [3.05, 3.63) is 41.0 Å². The van der Waals surface area contributed by atoms with Crippen molar-refractivity contribution in [3.63, 3.8) is 0 Å². The fourth-order valence-corrected chi connectivity index (χ4v) is 1.43. The second-order valence-corrected chi connectivity index (χ2v) is 3.90. The molecule has 7 heteroatoms. The highest BCUT2D eigenvalue weighted by atomic mass is 16.4. The van der Waals surface area contributed by atoms with E-state index >= 15 is 0 Å². The number of nitrogens with one attached hydrogen (secondary N) is 1. The minimum Gasteiger partial charge on any atom is -0.475 e. The zero-order valence-electron chi connectivity index (χ0n) is 10.4. The Morgan fingerprint density at radius 1 is 1.26 bits per heavy atom. The van der Waals surface area contributed by atoms with E-state index in [1.165, 1.54) is 12.1 Å². The van der Waals surface area contributed by atoms with Crippen LogP contribution in [-0.4, -0.2) is 22.0 Å². The van der Waals surface area contributed by atoms with Crippen molar-refractivity contribution in [3.8, 4) is 0 Å². The highest BCUT2D eigenvalue weighted by Gasteiger charge is 2.15. The molecule has 0 aliphatic heterocycles. The van der Waals surface area contributed by atoms with Crippen molar-refractivity contribution in [2.75, 3.05) is 0 Å². The Labute approximate surface area is 108 Å². The summed E-state index contributed by atoms with van der Waals surface area (Å²) in [5.74, 6) is -1.03. The molecule has 0 radical (unpaired) electrons. The first-order valence-corrected chi connectivity index (χ1v) is 5.51. The second-order valence-electron chi connectivity index (χ2n) is 3.90. The number of furan rings is 1. The molecule has 2 aromatic heterocycles. The van der Waals surface area contributed by atoms with Gasteiger partial charge in [-0.1, -0.05) is 0 Å². The molecular weight excluding hydrogens is 252 g/mol. The molecule has 2 aromatic rings. The lowest BCUT2D eigenvalue weighted by Gasteiger charge is -1.99. The quantitative estimate of drug-likeness (QED) is 0.867. The average Bonchev–Trinajstić information content (AvgIpc) is 2.95. The van der Waals surface area contributed by atoms with Gasteiger partial charge in [-0.3, -0.25) is 4.79 Å². The minimum atomic E-state index is -1.22. The molecule has 19 heavy (non-hydrogen) atoms. The molecule has 0 saturated carbocycles. The summed E-state index contributed by atoms with van der Waals surface area (Å²) >= 11 is 0. The Balaban J connectivity index is 1.99. The van der Waals surface area contributed by atoms with Crippen LogP contribution in [0.5, 0.6) is 0 Å². The van der Waals surface area contributed by atoms with Crippen LogP contribution in [0.1, 0.15) is 38.5 Å². The Bertz CT molecular complexity index is 606. The lowest BCUT2D eigenvalue weighted by Crippen LogP contribution is -2.22. The Hall–Kier alpha value is -2.57. The molecule has 0 unspecified atom stereocenters. The minimum absolute atomic E-state index is 0.0719. The lowest BCUT2D eigenvalue weighted by molar-refractivity contribution is 0.0659. The number of oxazole rings is 1. The molecule has 1 amide bonds. The number of carboxylic acid groups (broad SMARTS) is 1. The highest BCUT2D eigenvalue weighted by molar-refractivity contribution is 5.93. The van der Waals surface area contributed by atoms with Gasteiger partial charge in [-0.25, -0.2) is 9.78 Å². The SMILES string of the molecule is Cc1nc(CNC(=O)c2ccc(C(=O)O)o2)oc1C. The number of nitrogens with zero attached hydrogens (tertiary/aromatic N) is 1. The number of rotatable bonds is 4. The first-order valence-electron chi connectivity index (χ1n) is 5.51. The fourth-order valence-electron chi connectivity index (χ4n) is 1.43. The number of hydrogen-bond acceptors (Lipinski definition) is 5. The topological polar surface area (TPSA) is 106 Å². The number of aryl methyl sites for hydroxylation is 2. The molecule has 0 saturated heterocycles. The van der Waals surface area contributed by atoms with Gasteiger partial charge in [0.05, 0.1) is 12.2 Å². The van der Waals surface area contributed by atoms with E-state index in [0.717, 1.165) is 5.69 Å². The number of carboxylic acids is 1. The van der Waals surface area contributed by atoms with Crippen LogP contribution < -0.4 is 5.32 Å². The molecule has 0 atom stereocenters. The van der Waals surface area contributed by atoms with Gasteiger partial charge in [-0.05, 0) is 26.0 Å². The van der Waals surface area contributed by atoms with E-state index in [1.54, 1.807) is 13.8 Å². The van der Waals surface area contributed by atoms with Crippen molar-refractivity contribution in [2.45, 2.75) is 20.4 Å². The summed E-state index contributed by atoms with van der Waals surface area (Å²) in [4.78, 5) is 26.4. The molecule has 0 bridgehead atoms. The maximum absolute atomic E-state index is 11.7. The van der Waals surface area contributed by atoms with Crippen molar-refractivity contribution < 1.29 is 23.5 Å². The fraction of sp³-hybridized carbons (Fsp3) is 0.250. The van der Waals surface area contributed by atoms with Crippen molar-refractivity contribution in [1.82, 2.24) is 10.3 Å². The number of aromatic nitrogens is 1. The van der Waals surface area contributed by atoms with Crippen LogP contribution in [0.2, 0.25) is 0 Å². The zero-order valence-corrected chi connectivity index (χ0v) is 10.4. The van der Waals surface area contributed by atoms with Crippen LogP contribution in [0.15, 0.2) is 21.0 Å². The molecule has 0 aliphatic carbocycles. The average molecular weight is 264 g/mol. The van der Waals surface area contributed by atoms with E-state index in [9.17, 15) is 9.59 Å². The summed E-state index contributed by atoms with van der Waals surface area (Å²) in [6.45, 7) is 3.69. The molecule has 7 nitrogen and oxygen atoms in total. The van der Waals surface area contributed by atoms with E-state index < -0.39 is 11.9 Å². The second kappa shape index (κ2) is 4.97. The number of aromatic carboxylic acids is 1. The van der Waals surface area contributed by atoms with Crippen LogP contribution in [0.3, 0.4) is 0 Å². The van der Waals surface area contributed by atoms with E-state index in [-0.39, 0.29) is 18.1 Å². The summed E-state index contributed by atoms with van der Waals surface area (Å²) in [5.41, 5.74) is 0.760. The Kier molecular flexibility index (Phi) is 3.37. The number of carbonyl (C=O) groups is 2. The van der Waals surface area contributed by atoms with E-state index in [2.05, 4.69) is 10.3 Å². The van der Waals surface area contributed by atoms with Gasteiger partial charge in [-0.2, -0.15) is 0 Å². The standard InChI is InChI=1S/C12H12N2O5/c1-6-7(2)18-10(14-6)5-13-11(15)8-3-4-9(19-8)12(16)17/h3-4H,5H2,1-2H3,(H,13,15)(H,16,17). The smallest absolute Gasteiger partial charge is 0.371 e.